The number of hydrogen-bond acceptors (Lipinski definition) is 2. The summed E-state index contributed by atoms with van der Waals surface area (Å²) in [5, 5.41) is 1.15. The molecule has 1 heterocycles. The zero-order valence-corrected chi connectivity index (χ0v) is 16.1. The first kappa shape index (κ1) is 17.7. The molecule has 24 heavy (non-hydrogen) atoms. The van der Waals surface area contributed by atoms with Crippen LogP contribution >= 0.6 is 39.1 Å². The number of benzene rings is 2. The molecule has 0 unspecified atom stereocenters. The third-order valence-electron chi connectivity index (χ3n) is 4.15. The maximum atomic E-state index is 12.6. The van der Waals surface area contributed by atoms with Crippen LogP contribution in [-0.2, 0) is 6.54 Å². The van der Waals surface area contributed by atoms with Crippen LogP contribution in [0.3, 0.4) is 0 Å². The molecule has 1 aliphatic heterocycles. The molecule has 126 valence electrons. The van der Waals surface area contributed by atoms with Crippen molar-refractivity contribution in [2.24, 2.45) is 0 Å². The van der Waals surface area contributed by atoms with Gasteiger partial charge in [-0.05, 0) is 45.8 Å². The summed E-state index contributed by atoms with van der Waals surface area (Å²) in [6, 6.07) is 13.3. The van der Waals surface area contributed by atoms with Gasteiger partial charge in [0, 0.05) is 37.2 Å². The monoisotopic (exact) mass is 426 g/mol. The van der Waals surface area contributed by atoms with Crippen LogP contribution in [0.1, 0.15) is 15.9 Å². The molecule has 0 spiro atoms. The number of carbonyl (C=O) groups excluding carboxylic acids is 1. The molecule has 0 radical (unpaired) electrons. The SMILES string of the molecule is O=C(c1ccccc1Br)N1CCN(Cc2ccc(Cl)c(Cl)c2)CC1. The third kappa shape index (κ3) is 4.12. The Bertz CT molecular complexity index is 746. The average Bonchev–Trinajstić information content (AvgIpc) is 2.59. The lowest BCUT2D eigenvalue weighted by atomic mass is 10.1. The quantitative estimate of drug-likeness (QED) is 0.707. The van der Waals surface area contributed by atoms with E-state index < -0.39 is 0 Å². The summed E-state index contributed by atoms with van der Waals surface area (Å²) in [5.74, 6) is 0.0802. The van der Waals surface area contributed by atoms with Gasteiger partial charge in [-0.2, -0.15) is 0 Å². The van der Waals surface area contributed by atoms with Gasteiger partial charge in [0.1, 0.15) is 0 Å². The van der Waals surface area contributed by atoms with Crippen molar-refractivity contribution in [3.8, 4) is 0 Å². The number of hydrogen-bond donors (Lipinski definition) is 0. The van der Waals surface area contributed by atoms with Crippen LogP contribution in [0.15, 0.2) is 46.9 Å². The van der Waals surface area contributed by atoms with Gasteiger partial charge in [0.25, 0.3) is 5.91 Å². The van der Waals surface area contributed by atoms with Crippen molar-refractivity contribution < 1.29 is 4.79 Å². The van der Waals surface area contributed by atoms with Crippen molar-refractivity contribution in [1.82, 2.24) is 9.80 Å². The highest BCUT2D eigenvalue weighted by Gasteiger charge is 2.23. The minimum atomic E-state index is 0.0802. The summed E-state index contributed by atoms with van der Waals surface area (Å²) in [6.45, 7) is 3.95. The van der Waals surface area contributed by atoms with Gasteiger partial charge >= 0.3 is 0 Å². The predicted molar refractivity (Wildman–Crippen MR) is 102 cm³/mol. The van der Waals surface area contributed by atoms with E-state index in [1.165, 1.54) is 0 Å². The van der Waals surface area contributed by atoms with Crippen LogP contribution in [0, 0.1) is 0 Å². The topological polar surface area (TPSA) is 23.6 Å². The first-order valence-corrected chi connectivity index (χ1v) is 9.29. The van der Waals surface area contributed by atoms with Gasteiger partial charge in [-0.25, -0.2) is 0 Å². The van der Waals surface area contributed by atoms with Gasteiger partial charge in [0.05, 0.1) is 15.6 Å². The van der Waals surface area contributed by atoms with Gasteiger partial charge in [-0.3, -0.25) is 9.69 Å². The molecule has 2 aromatic rings. The number of carbonyl (C=O) groups is 1. The summed E-state index contributed by atoms with van der Waals surface area (Å²) in [6.07, 6.45) is 0. The standard InChI is InChI=1S/C18H17BrCl2N2O/c19-15-4-2-1-3-14(15)18(24)23-9-7-22(8-10-23)12-13-5-6-16(20)17(21)11-13/h1-6,11H,7-10,12H2. The fourth-order valence-electron chi connectivity index (χ4n) is 2.81. The molecule has 0 bridgehead atoms. The first-order chi connectivity index (χ1) is 11.5. The van der Waals surface area contributed by atoms with Gasteiger partial charge in [-0.1, -0.05) is 41.4 Å². The molecule has 3 rings (SSSR count). The van der Waals surface area contributed by atoms with Crippen molar-refractivity contribution in [3.63, 3.8) is 0 Å². The lowest BCUT2D eigenvalue weighted by molar-refractivity contribution is 0.0627. The molecule has 3 nitrogen and oxygen atoms in total. The summed E-state index contributed by atoms with van der Waals surface area (Å²) in [7, 11) is 0. The first-order valence-electron chi connectivity index (χ1n) is 7.74. The number of amides is 1. The van der Waals surface area contributed by atoms with Gasteiger partial charge in [0.15, 0.2) is 0 Å². The molecule has 1 fully saturated rings. The second-order valence-electron chi connectivity index (χ2n) is 5.80. The van der Waals surface area contributed by atoms with Crippen molar-refractivity contribution in [2.75, 3.05) is 26.2 Å². The summed E-state index contributed by atoms with van der Waals surface area (Å²) >= 11 is 15.5. The van der Waals surface area contributed by atoms with E-state index in [-0.39, 0.29) is 5.91 Å². The summed E-state index contributed by atoms with van der Waals surface area (Å²) in [5.41, 5.74) is 1.85. The van der Waals surface area contributed by atoms with Crippen molar-refractivity contribution >= 4 is 45.0 Å². The Morgan fingerprint density at radius 1 is 1.00 bits per heavy atom. The normalized spacial score (nSPS) is 15.5. The highest BCUT2D eigenvalue weighted by molar-refractivity contribution is 9.10. The molecule has 0 saturated carbocycles. The third-order valence-corrected chi connectivity index (χ3v) is 5.58. The van der Waals surface area contributed by atoms with Crippen LogP contribution < -0.4 is 0 Å². The van der Waals surface area contributed by atoms with Crippen LogP contribution in [0.2, 0.25) is 10.0 Å². The van der Waals surface area contributed by atoms with E-state index in [2.05, 4.69) is 20.8 Å². The maximum Gasteiger partial charge on any atom is 0.255 e. The molecule has 1 aliphatic rings. The number of halogens is 3. The zero-order valence-electron chi connectivity index (χ0n) is 13.0. The summed E-state index contributed by atoms with van der Waals surface area (Å²) in [4.78, 5) is 16.8. The van der Waals surface area contributed by atoms with Crippen LogP contribution in [-0.4, -0.2) is 41.9 Å². The molecular weight excluding hydrogens is 411 g/mol. The lowest BCUT2D eigenvalue weighted by Crippen LogP contribution is -2.48. The lowest BCUT2D eigenvalue weighted by Gasteiger charge is -2.35. The van der Waals surface area contributed by atoms with Gasteiger partial charge in [-0.15, -0.1) is 0 Å². The van der Waals surface area contributed by atoms with Crippen molar-refractivity contribution in [1.29, 1.82) is 0 Å². The van der Waals surface area contributed by atoms with E-state index in [1.54, 1.807) is 0 Å². The molecular formula is C18H17BrCl2N2O. The minimum Gasteiger partial charge on any atom is -0.336 e. The Morgan fingerprint density at radius 3 is 2.38 bits per heavy atom. The number of piperazine rings is 1. The molecule has 0 N–H and O–H groups in total. The second kappa shape index (κ2) is 7.87. The summed E-state index contributed by atoms with van der Waals surface area (Å²) < 4.78 is 0.841. The molecule has 1 saturated heterocycles. The van der Waals surface area contributed by atoms with Crippen molar-refractivity contribution in [2.45, 2.75) is 6.54 Å². The Hall–Kier alpha value is -1.07. The highest BCUT2D eigenvalue weighted by atomic mass is 79.9. The smallest absolute Gasteiger partial charge is 0.255 e. The zero-order chi connectivity index (χ0) is 17.1. The Labute approximate surface area is 160 Å². The number of rotatable bonds is 3. The molecule has 0 aliphatic carbocycles. The van der Waals surface area contributed by atoms with Crippen molar-refractivity contribution in [3.05, 3.63) is 68.1 Å². The Morgan fingerprint density at radius 2 is 1.71 bits per heavy atom. The molecule has 0 aromatic heterocycles. The predicted octanol–water partition coefficient (Wildman–Crippen LogP) is 4.71. The molecule has 0 atom stereocenters. The Balaban J connectivity index is 1.58. The van der Waals surface area contributed by atoms with E-state index in [1.807, 2.05) is 47.4 Å². The van der Waals surface area contributed by atoms with Gasteiger partial charge in [0.2, 0.25) is 0 Å². The van der Waals surface area contributed by atoms with E-state index in [0.717, 1.165) is 48.3 Å². The highest BCUT2D eigenvalue weighted by Crippen LogP contribution is 2.24. The largest absolute Gasteiger partial charge is 0.336 e. The fourth-order valence-corrected chi connectivity index (χ4v) is 3.59. The van der Waals surface area contributed by atoms with E-state index in [0.29, 0.717) is 10.0 Å². The van der Waals surface area contributed by atoms with E-state index >= 15 is 0 Å². The van der Waals surface area contributed by atoms with Crippen LogP contribution in [0.5, 0.6) is 0 Å². The average molecular weight is 428 g/mol. The maximum absolute atomic E-state index is 12.6. The van der Waals surface area contributed by atoms with Gasteiger partial charge < -0.3 is 4.90 Å². The fraction of sp³-hybridized carbons (Fsp3) is 0.278. The van der Waals surface area contributed by atoms with E-state index in [9.17, 15) is 4.79 Å². The van der Waals surface area contributed by atoms with Crippen LogP contribution in [0.4, 0.5) is 0 Å². The second-order valence-corrected chi connectivity index (χ2v) is 7.47. The van der Waals surface area contributed by atoms with Crippen LogP contribution in [0.25, 0.3) is 0 Å². The minimum absolute atomic E-state index is 0.0802. The number of nitrogens with zero attached hydrogens (tertiary/aromatic N) is 2. The molecule has 1 amide bonds. The molecule has 6 heteroatoms. The Kier molecular flexibility index (Phi) is 5.82. The van der Waals surface area contributed by atoms with E-state index in [4.69, 9.17) is 23.2 Å². The molecule has 2 aromatic carbocycles.